The summed E-state index contributed by atoms with van der Waals surface area (Å²) in [6, 6.07) is 0. The molecule has 0 radical (unpaired) electrons. The first-order valence-corrected chi connectivity index (χ1v) is 12.9. The smallest absolute Gasteiger partial charge is 0.138 e. The van der Waals surface area contributed by atoms with Crippen LogP contribution in [-0.4, -0.2) is 11.3 Å². The molecule has 0 aromatic carbocycles. The van der Waals surface area contributed by atoms with Crippen molar-refractivity contribution < 1.29 is 4.79 Å². The van der Waals surface area contributed by atoms with E-state index >= 15 is 0 Å². The summed E-state index contributed by atoms with van der Waals surface area (Å²) in [6.45, 7) is 16.4. The minimum atomic E-state index is -0.138. The number of allylic oxidation sites excluding steroid dienone is 1. The van der Waals surface area contributed by atoms with Crippen molar-refractivity contribution in [3.63, 3.8) is 0 Å². The Labute approximate surface area is 192 Å². The lowest BCUT2D eigenvalue weighted by molar-refractivity contribution is -0.193. The molecule has 8 unspecified atom stereocenters. The number of Topliss-reactive ketones (excluding diaryl/α,β-unsaturated/α-hetero) is 1. The predicted molar refractivity (Wildman–Crippen MR) is 131 cm³/mol. The van der Waals surface area contributed by atoms with Gasteiger partial charge in [-0.15, -0.1) is 0 Å². The van der Waals surface area contributed by atoms with Gasteiger partial charge in [0.15, 0.2) is 0 Å². The number of carbonyl (C=O) groups excluding carboxylic acids is 1. The van der Waals surface area contributed by atoms with Crippen molar-refractivity contribution in [3.05, 3.63) is 12.2 Å². The highest BCUT2D eigenvalue weighted by molar-refractivity contribution is 5.85. The summed E-state index contributed by atoms with van der Waals surface area (Å²) >= 11 is 0. The molecule has 0 aromatic rings. The van der Waals surface area contributed by atoms with Gasteiger partial charge < -0.3 is 5.73 Å². The maximum Gasteiger partial charge on any atom is 0.138 e. The number of nitrogens with two attached hydrogens (primary N) is 1. The summed E-state index contributed by atoms with van der Waals surface area (Å²) in [5.41, 5.74) is 9.17. The Morgan fingerprint density at radius 1 is 0.903 bits per heavy atom. The number of rotatable bonds is 1. The van der Waals surface area contributed by atoms with Crippen LogP contribution in [0.25, 0.3) is 0 Å². The molecule has 0 amide bonds. The van der Waals surface area contributed by atoms with E-state index in [1.54, 1.807) is 0 Å². The van der Waals surface area contributed by atoms with Crippen LogP contribution in [0, 0.1) is 51.8 Å². The molecule has 0 aromatic heterocycles. The number of hydrogen-bond donors (Lipinski definition) is 1. The Morgan fingerprint density at radius 2 is 1.58 bits per heavy atom. The fourth-order valence-corrected chi connectivity index (χ4v) is 10.7. The van der Waals surface area contributed by atoms with Gasteiger partial charge in [-0.25, -0.2) is 0 Å². The fourth-order valence-electron chi connectivity index (χ4n) is 10.7. The average molecular weight is 428 g/mol. The molecule has 176 valence electrons. The average Bonchev–Trinajstić information content (AvgIpc) is 3.03. The summed E-state index contributed by atoms with van der Waals surface area (Å²) in [4.78, 5) is 12.8. The first-order valence-electron chi connectivity index (χ1n) is 12.9. The van der Waals surface area contributed by atoms with Crippen LogP contribution in [0.15, 0.2) is 12.2 Å². The van der Waals surface area contributed by atoms with Crippen LogP contribution in [0.3, 0.4) is 0 Å². The van der Waals surface area contributed by atoms with Gasteiger partial charge in [-0.3, -0.25) is 4.79 Å². The molecule has 2 nitrogen and oxygen atoms in total. The van der Waals surface area contributed by atoms with Crippen molar-refractivity contribution >= 4 is 5.78 Å². The van der Waals surface area contributed by atoms with E-state index in [9.17, 15) is 4.79 Å². The number of carbonyl (C=O) groups is 1. The normalized spacial score (nSPS) is 52.8. The van der Waals surface area contributed by atoms with Crippen LogP contribution in [-0.2, 0) is 4.79 Å². The highest BCUT2D eigenvalue weighted by atomic mass is 16.1. The molecule has 0 heterocycles. The Balaban J connectivity index is 0.00000231. The highest BCUT2D eigenvalue weighted by Crippen LogP contribution is 2.72. The van der Waals surface area contributed by atoms with E-state index in [1.807, 2.05) is 0 Å². The van der Waals surface area contributed by atoms with Crippen molar-refractivity contribution in [2.75, 3.05) is 0 Å². The van der Waals surface area contributed by atoms with Gasteiger partial charge in [-0.1, -0.05) is 47.3 Å². The van der Waals surface area contributed by atoms with Gasteiger partial charge in [0.05, 0.1) is 0 Å². The van der Waals surface area contributed by atoms with Gasteiger partial charge in [-0.2, -0.15) is 0 Å². The third kappa shape index (κ3) is 2.95. The maximum absolute atomic E-state index is 12.8. The zero-order valence-corrected chi connectivity index (χ0v) is 20.2. The molecule has 31 heavy (non-hydrogen) atoms. The first kappa shape index (κ1) is 23.5. The third-order valence-corrected chi connectivity index (χ3v) is 12.0. The first-order chi connectivity index (χ1) is 13.9. The maximum atomic E-state index is 12.8. The van der Waals surface area contributed by atoms with E-state index in [0.29, 0.717) is 34.4 Å². The predicted octanol–water partition coefficient (Wildman–Crippen LogP) is 7.17. The SMILES string of the molecule is C.C=C(C)[C@@H]1CCC2(N)CCC3C(CCC4C3(C)CCC3C(C)(C)C(=O)CCC34C)C12. The molecular weight excluding hydrogens is 378 g/mol. The molecular formula is C29H49NO. The second-order valence-corrected chi connectivity index (χ2v) is 13.4. The van der Waals surface area contributed by atoms with Gasteiger partial charge in [0.25, 0.3) is 0 Å². The van der Waals surface area contributed by atoms with Crippen LogP contribution in [0.1, 0.15) is 106 Å². The van der Waals surface area contributed by atoms with E-state index < -0.39 is 0 Å². The lowest BCUT2D eigenvalue weighted by Crippen LogP contribution is -2.64. The monoisotopic (exact) mass is 427 g/mol. The molecule has 0 spiro atoms. The van der Waals surface area contributed by atoms with Crippen molar-refractivity contribution in [1.82, 2.24) is 0 Å². The molecule has 2 N–H and O–H groups in total. The van der Waals surface area contributed by atoms with Crippen LogP contribution in [0.2, 0.25) is 0 Å². The molecule has 5 fully saturated rings. The summed E-state index contributed by atoms with van der Waals surface area (Å²) < 4.78 is 0. The van der Waals surface area contributed by atoms with E-state index in [4.69, 9.17) is 5.73 Å². The van der Waals surface area contributed by atoms with Gasteiger partial charge >= 0.3 is 0 Å². The van der Waals surface area contributed by atoms with Crippen molar-refractivity contribution in [3.8, 4) is 0 Å². The van der Waals surface area contributed by atoms with Crippen LogP contribution in [0.5, 0.6) is 0 Å². The minimum absolute atomic E-state index is 0. The lowest BCUT2D eigenvalue weighted by Gasteiger charge is -2.68. The minimum Gasteiger partial charge on any atom is -0.325 e. The van der Waals surface area contributed by atoms with Crippen LogP contribution >= 0.6 is 0 Å². The Morgan fingerprint density at radius 3 is 2.26 bits per heavy atom. The summed E-state index contributed by atoms with van der Waals surface area (Å²) in [5.74, 6) is 4.75. The number of ketones is 1. The van der Waals surface area contributed by atoms with Crippen LogP contribution in [0.4, 0.5) is 0 Å². The Kier molecular flexibility index (Phi) is 5.45. The third-order valence-electron chi connectivity index (χ3n) is 12.0. The fraction of sp³-hybridized carbons (Fsp3) is 0.897. The Bertz CT molecular complexity index is 769. The lowest BCUT2D eigenvalue weighted by atomic mass is 9.36. The van der Waals surface area contributed by atoms with Gasteiger partial charge in [-0.05, 0) is 111 Å². The summed E-state index contributed by atoms with van der Waals surface area (Å²) in [7, 11) is 0. The molecule has 5 aliphatic rings. The standard InChI is InChI=1S/C28H45NO.CH4/c1-17(2)18-9-15-28(29)16-10-20-19(24(18)28)7-8-22-26(20,5)13-11-21-25(3,4)23(30)12-14-27(21,22)6;/h18-22,24H,1,7-16,29H2,2-6H3;1H4/t18-,19?,20?,21?,22?,24?,26?,27?,28?;/m0./s1. The van der Waals surface area contributed by atoms with Gasteiger partial charge in [0.2, 0.25) is 0 Å². The van der Waals surface area contributed by atoms with Gasteiger partial charge in [0, 0.05) is 17.4 Å². The van der Waals surface area contributed by atoms with E-state index in [2.05, 4.69) is 41.2 Å². The summed E-state index contributed by atoms with van der Waals surface area (Å²) in [5, 5.41) is 0. The highest BCUT2D eigenvalue weighted by Gasteiger charge is 2.66. The molecule has 0 bridgehead atoms. The van der Waals surface area contributed by atoms with Crippen molar-refractivity contribution in [1.29, 1.82) is 0 Å². The topological polar surface area (TPSA) is 43.1 Å². The van der Waals surface area contributed by atoms with Crippen molar-refractivity contribution in [2.45, 2.75) is 112 Å². The molecule has 5 aliphatic carbocycles. The van der Waals surface area contributed by atoms with E-state index in [-0.39, 0.29) is 18.4 Å². The quantitative estimate of drug-likeness (QED) is 0.451. The van der Waals surface area contributed by atoms with E-state index in [1.165, 1.54) is 56.9 Å². The molecule has 9 atom stereocenters. The van der Waals surface area contributed by atoms with E-state index in [0.717, 1.165) is 30.6 Å². The second kappa shape index (κ2) is 7.18. The molecule has 0 saturated heterocycles. The van der Waals surface area contributed by atoms with Gasteiger partial charge in [0.1, 0.15) is 5.78 Å². The van der Waals surface area contributed by atoms with Crippen LogP contribution < -0.4 is 5.73 Å². The zero-order chi connectivity index (χ0) is 21.7. The largest absolute Gasteiger partial charge is 0.325 e. The summed E-state index contributed by atoms with van der Waals surface area (Å²) in [6.07, 6.45) is 12.2. The molecule has 0 aliphatic heterocycles. The Hall–Kier alpha value is -0.630. The second-order valence-electron chi connectivity index (χ2n) is 13.4. The van der Waals surface area contributed by atoms with Crippen molar-refractivity contribution in [2.24, 2.45) is 57.5 Å². The molecule has 2 heteroatoms. The number of fused-ring (bicyclic) bond motifs is 7. The molecule has 5 saturated carbocycles. The number of hydrogen-bond acceptors (Lipinski definition) is 2. The zero-order valence-electron chi connectivity index (χ0n) is 20.2. The molecule has 5 rings (SSSR count).